The van der Waals surface area contributed by atoms with Crippen LogP contribution >= 0.6 is 11.6 Å². The van der Waals surface area contributed by atoms with Crippen LogP contribution in [-0.2, 0) is 6.54 Å². The minimum absolute atomic E-state index is 0.718. The van der Waals surface area contributed by atoms with Gasteiger partial charge in [-0.05, 0) is 37.6 Å². The second-order valence-corrected chi connectivity index (χ2v) is 5.87. The molecule has 0 fully saturated rings. The smallest absolute Gasteiger partial charge is 0.105 e. The third kappa shape index (κ3) is 3.07. The Balaban J connectivity index is 1.72. The first-order valence-corrected chi connectivity index (χ1v) is 7.76. The number of nitrogens with zero attached hydrogens (tertiary/aromatic N) is 4. The molecule has 22 heavy (non-hydrogen) atoms. The first-order chi connectivity index (χ1) is 10.6. The fourth-order valence-corrected chi connectivity index (χ4v) is 2.84. The van der Waals surface area contributed by atoms with E-state index in [1.54, 1.807) is 0 Å². The van der Waals surface area contributed by atoms with Crippen molar-refractivity contribution in [2.24, 2.45) is 0 Å². The summed E-state index contributed by atoms with van der Waals surface area (Å²) in [6.45, 7) is 3.98. The van der Waals surface area contributed by atoms with Gasteiger partial charge in [-0.1, -0.05) is 11.6 Å². The minimum atomic E-state index is 0.718. The highest BCUT2D eigenvalue weighted by Gasteiger charge is 2.07. The van der Waals surface area contributed by atoms with Gasteiger partial charge in [-0.3, -0.25) is 4.98 Å². The van der Waals surface area contributed by atoms with Crippen molar-refractivity contribution in [3.63, 3.8) is 0 Å². The molecular weight excluding hydrogens is 296 g/mol. The summed E-state index contributed by atoms with van der Waals surface area (Å²) in [4.78, 5) is 10.9. The molecule has 0 aliphatic carbocycles. The van der Waals surface area contributed by atoms with Gasteiger partial charge in [0.2, 0.25) is 0 Å². The van der Waals surface area contributed by atoms with Crippen LogP contribution in [0, 0.1) is 6.92 Å². The van der Waals surface area contributed by atoms with E-state index < -0.39 is 0 Å². The van der Waals surface area contributed by atoms with Crippen LogP contribution < -0.4 is 4.90 Å². The molecule has 2 aromatic heterocycles. The zero-order valence-corrected chi connectivity index (χ0v) is 13.6. The van der Waals surface area contributed by atoms with Crippen LogP contribution in [0.3, 0.4) is 0 Å². The topological polar surface area (TPSA) is 34.0 Å². The van der Waals surface area contributed by atoms with Gasteiger partial charge in [-0.25, -0.2) is 4.98 Å². The molecule has 0 bridgehead atoms. The van der Waals surface area contributed by atoms with Crippen molar-refractivity contribution in [2.45, 2.75) is 19.9 Å². The van der Waals surface area contributed by atoms with Gasteiger partial charge >= 0.3 is 0 Å². The van der Waals surface area contributed by atoms with Gasteiger partial charge < -0.3 is 9.47 Å². The zero-order chi connectivity index (χ0) is 15.5. The molecular formula is C17H19ClN4. The molecule has 0 aliphatic rings. The normalized spacial score (nSPS) is 11.0. The van der Waals surface area contributed by atoms with Crippen LogP contribution in [0.1, 0.15) is 12.2 Å². The van der Waals surface area contributed by atoms with Crippen LogP contribution in [0.25, 0.3) is 10.9 Å². The van der Waals surface area contributed by atoms with E-state index in [0.717, 1.165) is 41.3 Å². The number of rotatable bonds is 5. The van der Waals surface area contributed by atoms with Gasteiger partial charge in [0.1, 0.15) is 5.82 Å². The number of fused-ring (bicyclic) bond motifs is 1. The molecule has 0 atom stereocenters. The van der Waals surface area contributed by atoms with E-state index in [2.05, 4.69) is 32.5 Å². The average molecular weight is 315 g/mol. The first-order valence-electron chi connectivity index (χ1n) is 7.38. The Hall–Kier alpha value is -2.07. The molecule has 114 valence electrons. The molecule has 1 aromatic carbocycles. The Labute approximate surface area is 135 Å². The largest absolute Gasteiger partial charge is 0.374 e. The molecule has 2 heterocycles. The van der Waals surface area contributed by atoms with Crippen molar-refractivity contribution >= 4 is 28.2 Å². The van der Waals surface area contributed by atoms with E-state index in [-0.39, 0.29) is 0 Å². The summed E-state index contributed by atoms with van der Waals surface area (Å²) in [5, 5.41) is 1.85. The fourth-order valence-electron chi connectivity index (χ4n) is 2.68. The number of benzene rings is 1. The Morgan fingerprint density at radius 1 is 1.18 bits per heavy atom. The van der Waals surface area contributed by atoms with E-state index in [4.69, 9.17) is 11.6 Å². The molecule has 0 saturated carbocycles. The van der Waals surface area contributed by atoms with E-state index in [0.29, 0.717) is 0 Å². The highest BCUT2D eigenvalue weighted by atomic mass is 35.5. The van der Waals surface area contributed by atoms with Crippen LogP contribution in [0.15, 0.2) is 42.9 Å². The third-order valence-electron chi connectivity index (χ3n) is 3.91. The summed E-state index contributed by atoms with van der Waals surface area (Å²) in [7, 11) is 2.12. The lowest BCUT2D eigenvalue weighted by Crippen LogP contribution is -2.20. The highest BCUT2D eigenvalue weighted by Crippen LogP contribution is 2.26. The third-order valence-corrected chi connectivity index (χ3v) is 4.14. The molecule has 0 N–H and O–H groups in total. The summed E-state index contributed by atoms with van der Waals surface area (Å²) < 4.78 is 2.18. The van der Waals surface area contributed by atoms with Crippen molar-refractivity contribution in [3.05, 3.63) is 53.7 Å². The Morgan fingerprint density at radius 2 is 2.05 bits per heavy atom. The van der Waals surface area contributed by atoms with Crippen LogP contribution in [0.5, 0.6) is 0 Å². The average Bonchev–Trinajstić information content (AvgIpc) is 2.91. The molecule has 0 radical (unpaired) electrons. The standard InChI is InChI=1S/C17H19ClN4/c1-13-19-8-11-22(13)10-3-9-21(2)17-6-7-20-16-12-14(18)4-5-15(16)17/h4-8,11-12H,3,9-10H2,1-2H3. The van der Waals surface area contributed by atoms with E-state index in [9.17, 15) is 0 Å². The van der Waals surface area contributed by atoms with E-state index in [1.165, 1.54) is 5.69 Å². The number of anilines is 1. The first kappa shape index (κ1) is 14.9. The predicted octanol–water partition coefficient (Wildman–Crippen LogP) is 3.92. The van der Waals surface area contributed by atoms with Crippen LogP contribution in [0.4, 0.5) is 5.69 Å². The minimum Gasteiger partial charge on any atom is -0.374 e. The zero-order valence-electron chi connectivity index (χ0n) is 12.8. The molecule has 0 aliphatic heterocycles. The fraction of sp³-hybridized carbons (Fsp3) is 0.294. The number of aryl methyl sites for hydroxylation is 2. The van der Waals surface area contributed by atoms with E-state index in [1.807, 2.05) is 43.7 Å². The second-order valence-electron chi connectivity index (χ2n) is 5.43. The summed E-state index contributed by atoms with van der Waals surface area (Å²) in [5.74, 6) is 1.06. The Bertz CT molecular complexity index is 781. The monoisotopic (exact) mass is 314 g/mol. The number of hydrogen-bond donors (Lipinski definition) is 0. The number of aromatic nitrogens is 3. The maximum Gasteiger partial charge on any atom is 0.105 e. The van der Waals surface area contributed by atoms with Gasteiger partial charge in [0.15, 0.2) is 0 Å². The summed E-state index contributed by atoms with van der Waals surface area (Å²) in [6, 6.07) is 7.91. The molecule has 0 saturated heterocycles. The summed E-state index contributed by atoms with van der Waals surface area (Å²) in [5.41, 5.74) is 2.12. The Kier molecular flexibility index (Phi) is 4.29. The second kappa shape index (κ2) is 6.36. The molecule has 5 heteroatoms. The number of pyridine rings is 1. The van der Waals surface area contributed by atoms with Crippen molar-refractivity contribution in [1.82, 2.24) is 14.5 Å². The number of hydrogen-bond acceptors (Lipinski definition) is 3. The SMILES string of the molecule is Cc1nccn1CCCN(C)c1ccnc2cc(Cl)ccc12. The summed E-state index contributed by atoms with van der Waals surface area (Å²) >= 11 is 6.04. The van der Waals surface area contributed by atoms with Gasteiger partial charge in [0.05, 0.1) is 5.52 Å². The van der Waals surface area contributed by atoms with Crippen molar-refractivity contribution in [3.8, 4) is 0 Å². The lowest BCUT2D eigenvalue weighted by molar-refractivity contribution is 0.623. The van der Waals surface area contributed by atoms with Gasteiger partial charge in [-0.15, -0.1) is 0 Å². The number of halogens is 1. The highest BCUT2D eigenvalue weighted by molar-refractivity contribution is 6.31. The molecule has 0 unspecified atom stereocenters. The summed E-state index contributed by atoms with van der Waals surface area (Å²) in [6.07, 6.45) is 6.77. The van der Waals surface area contributed by atoms with Crippen LogP contribution in [-0.4, -0.2) is 28.1 Å². The molecule has 3 aromatic rings. The number of imidazole rings is 1. The van der Waals surface area contributed by atoms with Crippen molar-refractivity contribution in [2.75, 3.05) is 18.5 Å². The van der Waals surface area contributed by atoms with E-state index >= 15 is 0 Å². The van der Waals surface area contributed by atoms with Crippen LogP contribution in [0.2, 0.25) is 5.02 Å². The molecule has 0 spiro atoms. The quantitative estimate of drug-likeness (QED) is 0.716. The molecule has 4 nitrogen and oxygen atoms in total. The van der Waals surface area contributed by atoms with Crippen molar-refractivity contribution in [1.29, 1.82) is 0 Å². The lowest BCUT2D eigenvalue weighted by Gasteiger charge is -2.21. The van der Waals surface area contributed by atoms with Gasteiger partial charge in [0.25, 0.3) is 0 Å². The molecule has 0 amide bonds. The molecule has 3 rings (SSSR count). The lowest BCUT2D eigenvalue weighted by atomic mass is 10.1. The maximum atomic E-state index is 6.04. The Morgan fingerprint density at radius 3 is 2.82 bits per heavy atom. The van der Waals surface area contributed by atoms with Crippen molar-refractivity contribution < 1.29 is 0 Å². The van der Waals surface area contributed by atoms with Gasteiger partial charge in [-0.2, -0.15) is 0 Å². The predicted molar refractivity (Wildman–Crippen MR) is 91.6 cm³/mol. The van der Waals surface area contributed by atoms with Gasteiger partial charge in [0, 0.05) is 54.8 Å². The maximum absolute atomic E-state index is 6.04.